The smallest absolute Gasteiger partial charge is 0.0602 e. The van der Waals surface area contributed by atoms with Crippen molar-refractivity contribution in [3.63, 3.8) is 0 Å². The molecule has 1 N–H and O–H groups in total. The van der Waals surface area contributed by atoms with E-state index in [0.717, 1.165) is 11.8 Å². The third-order valence-electron chi connectivity index (χ3n) is 4.83. The van der Waals surface area contributed by atoms with Crippen LogP contribution in [0.3, 0.4) is 0 Å². The normalized spacial score (nSPS) is 26.6. The Hall–Kier alpha value is -1.18. The van der Waals surface area contributed by atoms with Crippen molar-refractivity contribution in [3.8, 4) is 0 Å². The maximum Gasteiger partial charge on any atom is 0.0602 e. The summed E-state index contributed by atoms with van der Waals surface area (Å²) in [7, 11) is 0. The maximum absolute atomic E-state index is 3.77. The van der Waals surface area contributed by atoms with E-state index in [1.165, 1.54) is 50.1 Å². The summed E-state index contributed by atoms with van der Waals surface area (Å²) in [5, 5.41) is 3.77. The summed E-state index contributed by atoms with van der Waals surface area (Å²) < 4.78 is 0. The van der Waals surface area contributed by atoms with E-state index >= 15 is 0 Å². The molecule has 2 aliphatic rings. The van der Waals surface area contributed by atoms with Gasteiger partial charge in [0, 0.05) is 19.1 Å². The van der Waals surface area contributed by atoms with Crippen LogP contribution in [0.2, 0.25) is 0 Å². The molecule has 0 atom stereocenters. The molecule has 2 fully saturated rings. The average molecular weight is 258 g/mol. The van der Waals surface area contributed by atoms with E-state index in [-0.39, 0.29) is 0 Å². The van der Waals surface area contributed by atoms with Crippen molar-refractivity contribution in [2.75, 3.05) is 23.3 Å². The Morgan fingerprint density at radius 1 is 1.11 bits per heavy atom. The summed E-state index contributed by atoms with van der Waals surface area (Å²) >= 11 is 0. The fraction of sp³-hybridized carbons (Fsp3) is 0.647. The van der Waals surface area contributed by atoms with Gasteiger partial charge in [0.05, 0.1) is 11.4 Å². The number of nitrogens with one attached hydrogen (secondary N) is 1. The van der Waals surface area contributed by atoms with Gasteiger partial charge in [0.25, 0.3) is 0 Å². The van der Waals surface area contributed by atoms with Gasteiger partial charge in [-0.25, -0.2) is 0 Å². The molecule has 0 spiro atoms. The molecule has 0 bridgehead atoms. The van der Waals surface area contributed by atoms with Gasteiger partial charge in [-0.2, -0.15) is 0 Å². The second kappa shape index (κ2) is 5.44. The van der Waals surface area contributed by atoms with Crippen LogP contribution in [0.15, 0.2) is 24.3 Å². The predicted octanol–water partition coefficient (Wildman–Crippen LogP) is 4.13. The molecule has 1 saturated heterocycles. The monoisotopic (exact) mass is 258 g/mol. The van der Waals surface area contributed by atoms with Gasteiger partial charge in [-0.05, 0) is 49.7 Å². The number of anilines is 2. The standard InChI is InChI=1S/C17H26N2/c1-13(2)14-11-15(12-14)18-16-7-3-4-8-17(16)19-9-5-6-10-19/h3-4,7-8,13-15,18H,5-6,9-12H2,1-2H3. The molecular weight excluding hydrogens is 232 g/mol. The molecule has 1 saturated carbocycles. The third-order valence-corrected chi connectivity index (χ3v) is 4.83. The van der Waals surface area contributed by atoms with Crippen molar-refractivity contribution >= 4 is 11.4 Å². The molecule has 0 radical (unpaired) electrons. The first kappa shape index (κ1) is 12.8. The van der Waals surface area contributed by atoms with Crippen molar-refractivity contribution < 1.29 is 0 Å². The summed E-state index contributed by atoms with van der Waals surface area (Å²) in [6, 6.07) is 9.52. The van der Waals surface area contributed by atoms with Crippen LogP contribution in [0.1, 0.15) is 39.5 Å². The second-order valence-electron chi connectivity index (χ2n) is 6.53. The highest BCUT2D eigenvalue weighted by atomic mass is 15.2. The van der Waals surface area contributed by atoms with E-state index in [2.05, 4.69) is 48.3 Å². The number of rotatable bonds is 4. The lowest BCUT2D eigenvalue weighted by atomic mass is 9.73. The molecule has 2 nitrogen and oxygen atoms in total. The van der Waals surface area contributed by atoms with Gasteiger partial charge >= 0.3 is 0 Å². The quantitative estimate of drug-likeness (QED) is 0.873. The highest BCUT2D eigenvalue weighted by molar-refractivity contribution is 5.70. The first-order chi connectivity index (χ1) is 9.24. The van der Waals surface area contributed by atoms with Gasteiger partial charge in [0.1, 0.15) is 0 Å². The van der Waals surface area contributed by atoms with E-state index in [0.29, 0.717) is 6.04 Å². The van der Waals surface area contributed by atoms with Crippen molar-refractivity contribution in [2.45, 2.75) is 45.6 Å². The lowest BCUT2D eigenvalue weighted by Crippen LogP contribution is -2.38. The molecule has 0 unspecified atom stereocenters. The highest BCUT2D eigenvalue weighted by Crippen LogP contribution is 2.37. The summed E-state index contributed by atoms with van der Waals surface area (Å²) in [6.07, 6.45) is 5.36. The SMILES string of the molecule is CC(C)C1CC(Nc2ccccc2N2CCCC2)C1. The van der Waals surface area contributed by atoms with Crippen LogP contribution in [0.5, 0.6) is 0 Å². The van der Waals surface area contributed by atoms with Crippen LogP contribution in [-0.4, -0.2) is 19.1 Å². The lowest BCUT2D eigenvalue weighted by molar-refractivity contribution is 0.212. The van der Waals surface area contributed by atoms with E-state index < -0.39 is 0 Å². The van der Waals surface area contributed by atoms with Crippen LogP contribution in [0.4, 0.5) is 11.4 Å². The Morgan fingerprint density at radius 3 is 2.47 bits per heavy atom. The molecule has 0 amide bonds. The summed E-state index contributed by atoms with van der Waals surface area (Å²) in [4.78, 5) is 2.53. The average Bonchev–Trinajstić information content (AvgIpc) is 2.87. The Kier molecular flexibility index (Phi) is 3.67. The molecule has 1 heterocycles. The van der Waals surface area contributed by atoms with Crippen LogP contribution in [-0.2, 0) is 0 Å². The van der Waals surface area contributed by atoms with E-state index in [4.69, 9.17) is 0 Å². The van der Waals surface area contributed by atoms with Gasteiger partial charge in [-0.15, -0.1) is 0 Å². The summed E-state index contributed by atoms with van der Waals surface area (Å²) in [5.74, 6) is 1.77. The van der Waals surface area contributed by atoms with Gasteiger partial charge < -0.3 is 10.2 Å². The minimum Gasteiger partial charge on any atom is -0.381 e. The van der Waals surface area contributed by atoms with Crippen LogP contribution in [0, 0.1) is 11.8 Å². The van der Waals surface area contributed by atoms with Gasteiger partial charge in [0.15, 0.2) is 0 Å². The number of hydrogen-bond donors (Lipinski definition) is 1. The zero-order valence-electron chi connectivity index (χ0n) is 12.2. The number of nitrogens with zero attached hydrogens (tertiary/aromatic N) is 1. The van der Waals surface area contributed by atoms with E-state index in [9.17, 15) is 0 Å². The molecule has 2 heteroatoms. The van der Waals surface area contributed by atoms with Crippen LogP contribution in [0.25, 0.3) is 0 Å². The zero-order chi connectivity index (χ0) is 13.2. The van der Waals surface area contributed by atoms with Crippen LogP contribution < -0.4 is 10.2 Å². The molecule has 1 aliphatic carbocycles. The summed E-state index contributed by atoms with van der Waals surface area (Å²) in [6.45, 7) is 7.13. The molecular formula is C17H26N2. The number of hydrogen-bond acceptors (Lipinski definition) is 2. The first-order valence-electron chi connectivity index (χ1n) is 7.84. The number of benzene rings is 1. The summed E-state index contributed by atoms with van der Waals surface area (Å²) in [5.41, 5.74) is 2.75. The first-order valence-corrected chi connectivity index (χ1v) is 7.84. The van der Waals surface area contributed by atoms with Gasteiger partial charge in [0.2, 0.25) is 0 Å². The molecule has 1 aromatic carbocycles. The molecule has 3 rings (SSSR count). The number of para-hydroxylation sites is 2. The molecule has 19 heavy (non-hydrogen) atoms. The Labute approximate surface area is 117 Å². The second-order valence-corrected chi connectivity index (χ2v) is 6.53. The van der Waals surface area contributed by atoms with E-state index in [1.807, 2.05) is 0 Å². The molecule has 1 aromatic rings. The zero-order valence-corrected chi connectivity index (χ0v) is 12.2. The van der Waals surface area contributed by atoms with Crippen molar-refractivity contribution in [1.29, 1.82) is 0 Å². The van der Waals surface area contributed by atoms with Crippen LogP contribution >= 0.6 is 0 Å². The lowest BCUT2D eigenvalue weighted by Gasteiger charge is -2.39. The molecule has 104 valence electrons. The van der Waals surface area contributed by atoms with Gasteiger partial charge in [-0.1, -0.05) is 26.0 Å². The fourth-order valence-corrected chi connectivity index (χ4v) is 3.37. The van der Waals surface area contributed by atoms with Crippen molar-refractivity contribution in [2.24, 2.45) is 11.8 Å². The predicted molar refractivity (Wildman–Crippen MR) is 82.9 cm³/mol. The fourth-order valence-electron chi connectivity index (χ4n) is 3.37. The maximum atomic E-state index is 3.77. The van der Waals surface area contributed by atoms with Crippen molar-refractivity contribution in [1.82, 2.24) is 0 Å². The highest BCUT2D eigenvalue weighted by Gasteiger charge is 2.31. The Balaban J connectivity index is 1.65. The van der Waals surface area contributed by atoms with Gasteiger partial charge in [-0.3, -0.25) is 0 Å². The van der Waals surface area contributed by atoms with Crippen molar-refractivity contribution in [3.05, 3.63) is 24.3 Å². The third kappa shape index (κ3) is 2.72. The molecule has 0 aromatic heterocycles. The topological polar surface area (TPSA) is 15.3 Å². The van der Waals surface area contributed by atoms with E-state index in [1.54, 1.807) is 0 Å². The largest absolute Gasteiger partial charge is 0.381 e. The molecule has 1 aliphatic heterocycles. The Morgan fingerprint density at radius 2 is 1.79 bits per heavy atom. The minimum atomic E-state index is 0.691. The minimum absolute atomic E-state index is 0.691. The Bertz CT molecular complexity index is 415.